The van der Waals surface area contributed by atoms with Crippen LogP contribution in [0.4, 0.5) is 0 Å². The zero-order chi connectivity index (χ0) is 18.5. The van der Waals surface area contributed by atoms with Crippen molar-refractivity contribution in [1.29, 1.82) is 5.26 Å². The van der Waals surface area contributed by atoms with E-state index >= 15 is 0 Å². The number of ether oxygens (including phenoxy) is 1. The number of carbonyl (C=O) groups is 1. The van der Waals surface area contributed by atoms with E-state index in [1.165, 1.54) is 0 Å². The van der Waals surface area contributed by atoms with Crippen molar-refractivity contribution < 1.29 is 19.5 Å². The Morgan fingerprint density at radius 1 is 1.42 bits per heavy atom. The molecule has 136 valence electrons. The second kappa shape index (κ2) is 8.02. The molecule has 3 rings (SSSR count). The van der Waals surface area contributed by atoms with Gasteiger partial charge in [0, 0.05) is 12.8 Å². The molecule has 2 heterocycles. The highest BCUT2D eigenvalue weighted by atomic mass is 16.5. The number of nitrogens with zero attached hydrogens (tertiary/aromatic N) is 2. The molecular weight excluding hydrogens is 332 g/mol. The molecule has 0 atom stereocenters. The van der Waals surface area contributed by atoms with Crippen molar-refractivity contribution in [2.24, 2.45) is 5.92 Å². The Labute approximate surface area is 151 Å². The molecule has 1 fully saturated rings. The number of likely N-dealkylation sites (tertiary alicyclic amines) is 1. The van der Waals surface area contributed by atoms with Crippen molar-refractivity contribution in [2.75, 3.05) is 26.2 Å². The van der Waals surface area contributed by atoms with Crippen LogP contribution < -0.4 is 4.90 Å². The number of hydrogen-bond donors (Lipinski definition) is 3. The lowest BCUT2D eigenvalue weighted by Gasteiger charge is -2.27. The molecule has 2 aromatic rings. The molecule has 0 amide bonds. The lowest BCUT2D eigenvalue weighted by atomic mass is 9.97. The number of para-hydroxylation sites is 2. The number of H-pyrrole nitrogens is 1. The minimum Gasteiger partial charge on any atom is -0.506 e. The number of allylic oxidation sites excluding steroid dienone is 1. The topological polar surface area (TPSA) is 103 Å². The molecule has 0 aliphatic carbocycles. The van der Waals surface area contributed by atoms with Gasteiger partial charge in [0.1, 0.15) is 18.2 Å². The molecule has 1 aromatic heterocycles. The van der Waals surface area contributed by atoms with Gasteiger partial charge in [0.05, 0.1) is 36.6 Å². The number of imidazole rings is 1. The standard InChI is InChI=1S/C19H22N4O3/c1-2-26-19(25)13-7-9-23(10-8-13)12-17(24)14(11-20)18-21-15-5-3-4-6-16(15)22-18/h3-6,13,24H,2,7-10,12H2,1H3,(H,21,22)/p+1/b17-14-. The van der Waals surface area contributed by atoms with Gasteiger partial charge in [0.2, 0.25) is 0 Å². The summed E-state index contributed by atoms with van der Waals surface area (Å²) in [6, 6.07) is 9.56. The maximum Gasteiger partial charge on any atom is 0.309 e. The Kier molecular flexibility index (Phi) is 5.54. The maximum atomic E-state index is 11.8. The van der Waals surface area contributed by atoms with E-state index < -0.39 is 0 Å². The zero-order valence-corrected chi connectivity index (χ0v) is 14.8. The number of benzene rings is 1. The predicted molar refractivity (Wildman–Crippen MR) is 96.2 cm³/mol. The number of fused-ring (bicyclic) bond motifs is 1. The fraction of sp³-hybridized carbons (Fsp3) is 0.421. The maximum absolute atomic E-state index is 11.8. The van der Waals surface area contributed by atoms with Gasteiger partial charge in [0.25, 0.3) is 0 Å². The van der Waals surface area contributed by atoms with Gasteiger partial charge in [-0.2, -0.15) is 5.26 Å². The fourth-order valence-electron chi connectivity index (χ4n) is 3.35. The van der Waals surface area contributed by atoms with Gasteiger partial charge in [-0.3, -0.25) is 4.79 Å². The first-order valence-electron chi connectivity index (χ1n) is 8.90. The summed E-state index contributed by atoms with van der Waals surface area (Å²) in [5.41, 5.74) is 1.75. The monoisotopic (exact) mass is 355 g/mol. The summed E-state index contributed by atoms with van der Waals surface area (Å²) >= 11 is 0. The number of quaternary nitrogens is 1. The lowest BCUT2D eigenvalue weighted by molar-refractivity contribution is -0.902. The van der Waals surface area contributed by atoms with Gasteiger partial charge in [-0.25, -0.2) is 4.98 Å². The molecule has 0 radical (unpaired) electrons. The number of rotatable bonds is 5. The highest BCUT2D eigenvalue weighted by Crippen LogP contribution is 2.18. The molecule has 1 aliphatic rings. The molecule has 7 heteroatoms. The quantitative estimate of drug-likeness (QED) is 0.425. The molecule has 3 N–H and O–H groups in total. The van der Waals surface area contributed by atoms with Crippen LogP contribution in [-0.4, -0.2) is 47.3 Å². The van der Waals surface area contributed by atoms with Crippen molar-refractivity contribution >= 4 is 22.6 Å². The summed E-state index contributed by atoms with van der Waals surface area (Å²) in [5, 5.41) is 20.0. The van der Waals surface area contributed by atoms with E-state index in [0.29, 0.717) is 19.0 Å². The van der Waals surface area contributed by atoms with E-state index in [1.54, 1.807) is 0 Å². The Morgan fingerprint density at radius 2 is 2.15 bits per heavy atom. The summed E-state index contributed by atoms with van der Waals surface area (Å²) in [5.74, 6) is 0.213. The van der Waals surface area contributed by atoms with Crippen LogP contribution >= 0.6 is 0 Å². The second-order valence-electron chi connectivity index (χ2n) is 6.49. The number of nitrogens with one attached hydrogen (secondary N) is 2. The highest BCUT2D eigenvalue weighted by molar-refractivity contribution is 5.82. The third kappa shape index (κ3) is 3.86. The van der Waals surface area contributed by atoms with E-state index in [9.17, 15) is 15.2 Å². The SMILES string of the molecule is CCOC(=O)C1CC[NH+](C/C(O)=C(\C#N)c2nc3ccccc3[nH]2)CC1. The third-order valence-corrected chi connectivity index (χ3v) is 4.76. The van der Waals surface area contributed by atoms with Crippen LogP contribution in [0.1, 0.15) is 25.6 Å². The van der Waals surface area contributed by atoms with Crippen LogP contribution in [0.15, 0.2) is 30.0 Å². The summed E-state index contributed by atoms with van der Waals surface area (Å²) in [6.45, 7) is 4.06. The van der Waals surface area contributed by atoms with Crippen molar-refractivity contribution in [3.8, 4) is 6.07 Å². The van der Waals surface area contributed by atoms with E-state index in [-0.39, 0.29) is 23.2 Å². The van der Waals surface area contributed by atoms with E-state index in [1.807, 2.05) is 31.2 Å². The fourth-order valence-corrected chi connectivity index (χ4v) is 3.35. The molecule has 0 unspecified atom stereocenters. The molecule has 0 spiro atoms. The number of nitriles is 1. The first-order chi connectivity index (χ1) is 12.6. The molecule has 0 bridgehead atoms. The number of esters is 1. The number of hydrogen-bond acceptors (Lipinski definition) is 5. The Morgan fingerprint density at radius 3 is 2.81 bits per heavy atom. The molecular formula is C19H23N4O3+. The summed E-state index contributed by atoms with van der Waals surface area (Å²) in [6.07, 6.45) is 1.46. The van der Waals surface area contributed by atoms with Crippen molar-refractivity contribution in [1.82, 2.24) is 9.97 Å². The minimum atomic E-state index is -0.133. The molecule has 26 heavy (non-hydrogen) atoms. The van der Waals surface area contributed by atoms with Crippen LogP contribution in [0, 0.1) is 17.2 Å². The normalized spacial score (nSPS) is 21.1. The van der Waals surface area contributed by atoms with Crippen molar-refractivity contribution in [2.45, 2.75) is 19.8 Å². The molecule has 1 aliphatic heterocycles. The van der Waals surface area contributed by atoms with Gasteiger partial charge < -0.3 is 19.7 Å². The van der Waals surface area contributed by atoms with Crippen LogP contribution in [0.3, 0.4) is 0 Å². The van der Waals surface area contributed by atoms with Crippen LogP contribution in [-0.2, 0) is 9.53 Å². The largest absolute Gasteiger partial charge is 0.506 e. The lowest BCUT2D eigenvalue weighted by Crippen LogP contribution is -3.13. The van der Waals surface area contributed by atoms with E-state index in [2.05, 4.69) is 16.0 Å². The Hall–Kier alpha value is -2.85. The third-order valence-electron chi connectivity index (χ3n) is 4.76. The summed E-state index contributed by atoms with van der Waals surface area (Å²) in [7, 11) is 0. The molecule has 1 aromatic carbocycles. The Balaban J connectivity index is 1.68. The number of carbonyl (C=O) groups excluding carboxylic acids is 1. The van der Waals surface area contributed by atoms with Gasteiger partial charge in [-0.05, 0) is 19.1 Å². The molecule has 7 nitrogen and oxygen atoms in total. The average Bonchev–Trinajstić information content (AvgIpc) is 3.06. The minimum absolute atomic E-state index is 0.0242. The molecule has 1 saturated heterocycles. The molecule has 0 saturated carbocycles. The number of aromatic nitrogens is 2. The van der Waals surface area contributed by atoms with Crippen LogP contribution in [0.25, 0.3) is 16.6 Å². The Bertz CT molecular complexity index is 824. The number of piperidine rings is 1. The highest BCUT2D eigenvalue weighted by Gasteiger charge is 2.29. The second-order valence-corrected chi connectivity index (χ2v) is 6.49. The first kappa shape index (κ1) is 18.0. The van der Waals surface area contributed by atoms with Gasteiger partial charge in [0.15, 0.2) is 11.6 Å². The van der Waals surface area contributed by atoms with Crippen LogP contribution in [0.5, 0.6) is 0 Å². The van der Waals surface area contributed by atoms with Crippen molar-refractivity contribution in [3.05, 3.63) is 35.8 Å². The number of aromatic amines is 1. The number of aliphatic hydroxyl groups excluding tert-OH is 1. The predicted octanol–water partition coefficient (Wildman–Crippen LogP) is 1.21. The number of aliphatic hydroxyl groups is 1. The van der Waals surface area contributed by atoms with Crippen LogP contribution in [0.2, 0.25) is 0 Å². The van der Waals surface area contributed by atoms with Gasteiger partial charge in [-0.1, -0.05) is 12.1 Å². The van der Waals surface area contributed by atoms with E-state index in [4.69, 9.17) is 4.74 Å². The first-order valence-corrected chi connectivity index (χ1v) is 8.90. The summed E-state index contributed by atoms with van der Waals surface area (Å²) in [4.78, 5) is 20.4. The average molecular weight is 355 g/mol. The smallest absolute Gasteiger partial charge is 0.309 e. The van der Waals surface area contributed by atoms with Gasteiger partial charge >= 0.3 is 5.97 Å². The zero-order valence-electron chi connectivity index (χ0n) is 14.8. The summed E-state index contributed by atoms with van der Waals surface area (Å²) < 4.78 is 5.08. The van der Waals surface area contributed by atoms with E-state index in [0.717, 1.165) is 41.9 Å². The van der Waals surface area contributed by atoms with Gasteiger partial charge in [-0.15, -0.1) is 0 Å². The van der Waals surface area contributed by atoms with Crippen molar-refractivity contribution in [3.63, 3.8) is 0 Å².